The molecule has 0 aliphatic carbocycles. The van der Waals surface area contributed by atoms with Crippen LogP contribution in [0.15, 0.2) is 69.6 Å². The van der Waals surface area contributed by atoms with E-state index in [-0.39, 0.29) is 22.7 Å². The molecule has 1 aliphatic rings. The molecule has 3 rings (SSSR count). The Balaban J connectivity index is 2.49. The van der Waals surface area contributed by atoms with Crippen molar-refractivity contribution in [1.29, 1.82) is 5.26 Å². The summed E-state index contributed by atoms with van der Waals surface area (Å²) in [6, 6.07) is 14.4. The number of benzene rings is 2. The molecule has 0 saturated carbocycles. The molecule has 33 heavy (non-hydrogen) atoms. The van der Waals surface area contributed by atoms with Crippen LogP contribution in [0.4, 0.5) is 5.69 Å². The molecule has 2 N–H and O–H groups in total. The molecule has 0 spiro atoms. The van der Waals surface area contributed by atoms with Crippen molar-refractivity contribution < 1.29 is 23.8 Å². The molecule has 8 nitrogen and oxygen atoms in total. The number of hydrogen-bond acceptors (Lipinski definition) is 8. The van der Waals surface area contributed by atoms with Crippen LogP contribution in [0.3, 0.4) is 0 Å². The average molecular weight is 624 g/mol. The van der Waals surface area contributed by atoms with E-state index in [1.54, 1.807) is 36.4 Å². The summed E-state index contributed by atoms with van der Waals surface area (Å²) in [6.07, 6.45) is 0. The molecule has 1 atom stereocenters. The smallest absolute Gasteiger partial charge is 0.355 e. The Labute approximate surface area is 212 Å². The molecule has 0 bridgehead atoms. The summed E-state index contributed by atoms with van der Waals surface area (Å²) in [5.41, 5.74) is 7.29. The van der Waals surface area contributed by atoms with Gasteiger partial charge in [0.1, 0.15) is 11.5 Å². The van der Waals surface area contributed by atoms with Crippen LogP contribution in [0.5, 0.6) is 5.75 Å². The highest BCUT2D eigenvalue weighted by Crippen LogP contribution is 2.46. The van der Waals surface area contributed by atoms with Crippen molar-refractivity contribution in [2.75, 3.05) is 26.2 Å². The highest BCUT2D eigenvalue weighted by molar-refractivity contribution is 14.1. The zero-order valence-electron chi connectivity index (χ0n) is 17.9. The lowest BCUT2D eigenvalue weighted by Gasteiger charge is -2.36. The Morgan fingerprint density at radius 2 is 1.76 bits per heavy atom. The molecule has 0 aromatic heterocycles. The molecule has 0 radical (unpaired) electrons. The topological polar surface area (TPSA) is 115 Å². The summed E-state index contributed by atoms with van der Waals surface area (Å²) in [7, 11) is 3.87. The SMILES string of the molecule is COC(=O)C1=C(C(=O)OC)N(c2cc(Br)cc(I)c2OC)C(N)=C(C#N)C1c1ccccc1. The maximum atomic E-state index is 13.1. The first-order valence-electron chi connectivity index (χ1n) is 9.49. The van der Waals surface area contributed by atoms with Crippen LogP contribution in [0, 0.1) is 14.9 Å². The molecule has 0 amide bonds. The minimum Gasteiger partial charge on any atom is -0.493 e. The molecule has 1 aliphatic heterocycles. The lowest BCUT2D eigenvalue weighted by atomic mass is 9.81. The zero-order valence-corrected chi connectivity index (χ0v) is 21.6. The van der Waals surface area contributed by atoms with Gasteiger partial charge in [-0.15, -0.1) is 0 Å². The first-order valence-corrected chi connectivity index (χ1v) is 11.4. The van der Waals surface area contributed by atoms with Crippen LogP contribution in [-0.2, 0) is 19.1 Å². The summed E-state index contributed by atoms with van der Waals surface area (Å²) < 4.78 is 17.0. The Bertz CT molecular complexity index is 1220. The third-order valence-corrected chi connectivity index (χ3v) is 6.30. The lowest BCUT2D eigenvalue weighted by molar-refractivity contribution is -0.139. The van der Waals surface area contributed by atoms with Gasteiger partial charge in [-0.25, -0.2) is 9.59 Å². The number of halogens is 2. The number of carbonyl (C=O) groups is 2. The molecular formula is C23H19BrIN3O5. The lowest BCUT2D eigenvalue weighted by Crippen LogP contribution is -2.41. The van der Waals surface area contributed by atoms with Crippen molar-refractivity contribution in [3.63, 3.8) is 0 Å². The number of hydrogen-bond donors (Lipinski definition) is 1. The molecule has 170 valence electrons. The normalized spacial score (nSPS) is 15.8. The van der Waals surface area contributed by atoms with Crippen LogP contribution in [0.25, 0.3) is 0 Å². The predicted octanol–water partition coefficient (Wildman–Crippen LogP) is 3.96. The van der Waals surface area contributed by atoms with E-state index in [1.807, 2.05) is 6.07 Å². The molecule has 1 unspecified atom stereocenters. The quantitative estimate of drug-likeness (QED) is 0.393. The number of allylic oxidation sites excluding steroid dienone is 1. The van der Waals surface area contributed by atoms with Gasteiger partial charge < -0.3 is 19.9 Å². The highest BCUT2D eigenvalue weighted by Gasteiger charge is 2.43. The predicted molar refractivity (Wildman–Crippen MR) is 133 cm³/mol. The fourth-order valence-corrected chi connectivity index (χ4v) is 5.38. The number of methoxy groups -OCH3 is 3. The number of nitrogens with zero attached hydrogens (tertiary/aromatic N) is 2. The van der Waals surface area contributed by atoms with Crippen molar-refractivity contribution in [2.45, 2.75) is 5.92 Å². The average Bonchev–Trinajstić information content (AvgIpc) is 2.82. The molecule has 0 fully saturated rings. The number of esters is 2. The van der Waals surface area contributed by atoms with Crippen molar-refractivity contribution in [3.05, 3.63) is 78.7 Å². The van der Waals surface area contributed by atoms with Gasteiger partial charge in [0.2, 0.25) is 0 Å². The Morgan fingerprint density at radius 3 is 2.30 bits per heavy atom. The minimum atomic E-state index is -0.939. The molecule has 2 aromatic rings. The second-order valence-electron chi connectivity index (χ2n) is 6.78. The largest absolute Gasteiger partial charge is 0.493 e. The summed E-state index contributed by atoms with van der Waals surface area (Å²) in [5, 5.41) is 10.1. The standard InChI is InChI=1S/C23H19BrIN3O5/c1-31-20-15(25)9-13(24)10-16(20)28-19(23(30)33-3)18(22(29)32-2)17(14(11-26)21(28)27)12-7-5-4-6-8-12/h4-10,17H,27H2,1-3H3. The number of rotatable bonds is 5. The first kappa shape index (κ1) is 24.6. The number of ether oxygens (including phenoxy) is 3. The van der Waals surface area contributed by atoms with E-state index in [9.17, 15) is 14.9 Å². The zero-order chi connectivity index (χ0) is 24.3. The summed E-state index contributed by atoms with van der Waals surface area (Å²) >= 11 is 5.52. The van der Waals surface area contributed by atoms with Gasteiger partial charge in [0.15, 0.2) is 5.75 Å². The monoisotopic (exact) mass is 623 g/mol. The van der Waals surface area contributed by atoms with E-state index >= 15 is 0 Å². The maximum Gasteiger partial charge on any atom is 0.355 e. The van der Waals surface area contributed by atoms with E-state index in [2.05, 4.69) is 44.6 Å². The van der Waals surface area contributed by atoms with Gasteiger partial charge in [-0.1, -0.05) is 46.3 Å². The van der Waals surface area contributed by atoms with E-state index < -0.39 is 17.9 Å². The van der Waals surface area contributed by atoms with Crippen LogP contribution in [0.2, 0.25) is 0 Å². The summed E-state index contributed by atoms with van der Waals surface area (Å²) in [4.78, 5) is 27.5. The van der Waals surface area contributed by atoms with Gasteiger partial charge in [-0.3, -0.25) is 4.90 Å². The van der Waals surface area contributed by atoms with Crippen LogP contribution in [-0.4, -0.2) is 33.3 Å². The highest BCUT2D eigenvalue weighted by atomic mass is 127. The van der Waals surface area contributed by atoms with Gasteiger partial charge in [-0.05, 0) is 40.3 Å². The third-order valence-electron chi connectivity index (χ3n) is 5.04. The second kappa shape index (κ2) is 10.3. The van der Waals surface area contributed by atoms with Crippen LogP contribution < -0.4 is 15.4 Å². The van der Waals surface area contributed by atoms with Crippen molar-refractivity contribution in [1.82, 2.24) is 0 Å². The van der Waals surface area contributed by atoms with E-state index in [1.165, 1.54) is 26.2 Å². The summed E-state index contributed by atoms with van der Waals surface area (Å²) in [6.45, 7) is 0. The number of nitriles is 1. The van der Waals surface area contributed by atoms with Crippen LogP contribution in [0.1, 0.15) is 11.5 Å². The first-order chi connectivity index (χ1) is 15.8. The minimum absolute atomic E-state index is 0.0355. The fourth-order valence-electron chi connectivity index (χ4n) is 3.68. The number of anilines is 1. The second-order valence-corrected chi connectivity index (χ2v) is 8.85. The molecule has 10 heteroatoms. The van der Waals surface area contributed by atoms with Gasteiger partial charge in [0, 0.05) is 4.47 Å². The fraction of sp³-hybridized carbons (Fsp3) is 0.174. The van der Waals surface area contributed by atoms with Gasteiger partial charge >= 0.3 is 11.9 Å². The van der Waals surface area contributed by atoms with Gasteiger partial charge in [0.25, 0.3) is 0 Å². The Hall–Kier alpha value is -3.04. The van der Waals surface area contributed by atoms with Crippen molar-refractivity contribution in [2.24, 2.45) is 5.73 Å². The molecule has 0 saturated heterocycles. The Kier molecular flexibility index (Phi) is 7.65. The number of nitrogens with two attached hydrogens (primary N) is 1. The van der Waals surface area contributed by atoms with E-state index in [0.29, 0.717) is 25.0 Å². The van der Waals surface area contributed by atoms with Gasteiger partial charge in [-0.2, -0.15) is 5.26 Å². The molecular weight excluding hydrogens is 605 g/mol. The third kappa shape index (κ3) is 4.43. The summed E-state index contributed by atoms with van der Waals surface area (Å²) in [5.74, 6) is -2.20. The Morgan fingerprint density at radius 1 is 1.12 bits per heavy atom. The molecule has 1 heterocycles. The number of carbonyl (C=O) groups excluding carboxylic acids is 2. The van der Waals surface area contributed by atoms with Crippen molar-refractivity contribution >= 4 is 56.1 Å². The maximum absolute atomic E-state index is 13.1. The van der Waals surface area contributed by atoms with Crippen LogP contribution >= 0.6 is 38.5 Å². The van der Waals surface area contributed by atoms with E-state index in [4.69, 9.17) is 19.9 Å². The molecule has 2 aromatic carbocycles. The van der Waals surface area contributed by atoms with E-state index in [0.717, 1.165) is 0 Å². The van der Waals surface area contributed by atoms with Gasteiger partial charge in [0.05, 0.1) is 53.7 Å². The van der Waals surface area contributed by atoms with Crippen molar-refractivity contribution in [3.8, 4) is 11.8 Å².